The fourth-order valence-electron chi connectivity index (χ4n) is 3.25. The van der Waals surface area contributed by atoms with E-state index in [4.69, 9.17) is 0 Å². The molecule has 1 heterocycles. The van der Waals surface area contributed by atoms with Crippen molar-refractivity contribution in [2.75, 3.05) is 20.1 Å². The molecule has 2 aromatic rings. The molecule has 0 aromatic heterocycles. The van der Waals surface area contributed by atoms with E-state index in [0.29, 0.717) is 24.2 Å². The molecule has 0 atom stereocenters. The summed E-state index contributed by atoms with van der Waals surface area (Å²) in [5.41, 5.74) is 1.13. The van der Waals surface area contributed by atoms with Gasteiger partial charge in [0.15, 0.2) is 0 Å². The van der Waals surface area contributed by atoms with Crippen LogP contribution in [0, 0.1) is 0 Å². The number of rotatable bonds is 9. The molecule has 0 aliphatic carbocycles. The Morgan fingerprint density at radius 1 is 0.839 bits per heavy atom. The number of hydrogen-bond acceptors (Lipinski definition) is 6. The minimum absolute atomic E-state index is 0.0381. The maximum absolute atomic E-state index is 12.6. The van der Waals surface area contributed by atoms with Crippen molar-refractivity contribution in [2.45, 2.75) is 34.9 Å². The van der Waals surface area contributed by atoms with Gasteiger partial charge in [-0.1, -0.05) is 24.3 Å². The van der Waals surface area contributed by atoms with Crippen LogP contribution >= 0.6 is 0 Å². The van der Waals surface area contributed by atoms with Crippen LogP contribution in [0.25, 0.3) is 0 Å². The van der Waals surface area contributed by atoms with Gasteiger partial charge in [0.05, 0.1) is 15.5 Å². The first-order valence-corrected chi connectivity index (χ1v) is 14.2. The molecule has 2 N–H and O–H groups in total. The minimum Gasteiger partial charge on any atom is -0.218 e. The van der Waals surface area contributed by atoms with E-state index in [2.05, 4.69) is 9.44 Å². The van der Waals surface area contributed by atoms with Gasteiger partial charge < -0.3 is 0 Å². The number of benzene rings is 2. The molecule has 0 radical (unpaired) electrons. The van der Waals surface area contributed by atoms with Gasteiger partial charge in [-0.3, -0.25) is 0 Å². The molecule has 12 heteroatoms. The van der Waals surface area contributed by atoms with Crippen LogP contribution in [0.15, 0.2) is 58.3 Å². The molecule has 1 aliphatic rings. The average molecular weight is 488 g/mol. The highest BCUT2D eigenvalue weighted by Crippen LogP contribution is 2.22. The summed E-state index contributed by atoms with van der Waals surface area (Å²) in [7, 11) is -9.61. The maximum Gasteiger partial charge on any atom is 0.243 e. The van der Waals surface area contributed by atoms with Crippen molar-refractivity contribution < 1.29 is 25.3 Å². The SMILES string of the molecule is CNS(=O)(=O)Cc1cccc(CNS(=O)(=O)c2ccc(S(=O)(=O)N3CCCC3)cc2)c1. The first-order chi connectivity index (χ1) is 14.5. The quantitative estimate of drug-likeness (QED) is 0.543. The average Bonchev–Trinajstić information content (AvgIpc) is 3.28. The summed E-state index contributed by atoms with van der Waals surface area (Å²) in [6.45, 7) is 0.904. The molecule has 3 rings (SSSR count). The molecule has 0 unspecified atom stereocenters. The summed E-state index contributed by atoms with van der Waals surface area (Å²) in [6.07, 6.45) is 1.63. The third kappa shape index (κ3) is 5.90. The Hall–Kier alpha value is -1.83. The van der Waals surface area contributed by atoms with Crippen LogP contribution in [-0.2, 0) is 42.4 Å². The van der Waals surface area contributed by atoms with E-state index in [0.717, 1.165) is 12.8 Å². The second-order valence-electron chi connectivity index (χ2n) is 7.19. The molecule has 2 aromatic carbocycles. The molecule has 0 spiro atoms. The highest BCUT2D eigenvalue weighted by Gasteiger charge is 2.27. The fourth-order valence-corrected chi connectivity index (χ4v) is 6.55. The van der Waals surface area contributed by atoms with E-state index in [1.807, 2.05) is 0 Å². The second kappa shape index (κ2) is 9.35. The lowest BCUT2D eigenvalue weighted by Gasteiger charge is -2.15. The van der Waals surface area contributed by atoms with Crippen molar-refractivity contribution in [1.29, 1.82) is 0 Å². The van der Waals surface area contributed by atoms with Gasteiger partial charge >= 0.3 is 0 Å². The molecule has 31 heavy (non-hydrogen) atoms. The van der Waals surface area contributed by atoms with Gasteiger partial charge in [0.2, 0.25) is 30.1 Å². The lowest BCUT2D eigenvalue weighted by Crippen LogP contribution is -2.28. The van der Waals surface area contributed by atoms with Crippen LogP contribution in [0.4, 0.5) is 0 Å². The van der Waals surface area contributed by atoms with E-state index in [1.54, 1.807) is 24.3 Å². The third-order valence-electron chi connectivity index (χ3n) is 4.96. The Kier molecular flexibility index (Phi) is 7.18. The van der Waals surface area contributed by atoms with E-state index in [1.165, 1.54) is 35.6 Å². The van der Waals surface area contributed by atoms with Crippen molar-refractivity contribution in [1.82, 2.24) is 13.7 Å². The molecule has 1 saturated heterocycles. The highest BCUT2D eigenvalue weighted by molar-refractivity contribution is 7.90. The third-order valence-corrected chi connectivity index (χ3v) is 9.63. The van der Waals surface area contributed by atoms with Crippen molar-refractivity contribution >= 4 is 30.1 Å². The summed E-state index contributed by atoms with van der Waals surface area (Å²) in [4.78, 5) is 0.00795. The fraction of sp³-hybridized carbons (Fsp3) is 0.368. The van der Waals surface area contributed by atoms with E-state index in [9.17, 15) is 25.3 Å². The zero-order chi connectivity index (χ0) is 22.7. The molecule has 0 saturated carbocycles. The molecule has 1 fully saturated rings. The van der Waals surface area contributed by atoms with Gasteiger partial charge in [-0.25, -0.2) is 34.7 Å². The Morgan fingerprint density at radius 3 is 2.03 bits per heavy atom. The second-order valence-corrected chi connectivity index (χ2v) is 12.8. The normalized spacial score (nSPS) is 15.9. The molecule has 0 bridgehead atoms. The largest absolute Gasteiger partial charge is 0.243 e. The lowest BCUT2D eigenvalue weighted by molar-refractivity contribution is 0.477. The summed E-state index contributed by atoms with van der Waals surface area (Å²) < 4.78 is 79.8. The first-order valence-electron chi connectivity index (χ1n) is 9.62. The predicted octanol–water partition coefficient (Wildman–Crippen LogP) is 0.999. The van der Waals surface area contributed by atoms with E-state index in [-0.39, 0.29) is 22.1 Å². The highest BCUT2D eigenvalue weighted by atomic mass is 32.2. The summed E-state index contributed by atoms with van der Waals surface area (Å²) in [5.74, 6) is -0.211. The minimum atomic E-state index is -3.88. The Balaban J connectivity index is 1.70. The van der Waals surface area contributed by atoms with Gasteiger partial charge in [0.1, 0.15) is 0 Å². The number of nitrogens with zero attached hydrogens (tertiary/aromatic N) is 1. The Morgan fingerprint density at radius 2 is 1.42 bits per heavy atom. The molecule has 170 valence electrons. The smallest absolute Gasteiger partial charge is 0.218 e. The summed E-state index contributed by atoms with van der Waals surface area (Å²) in [5, 5.41) is 0. The van der Waals surface area contributed by atoms with E-state index >= 15 is 0 Å². The molecule has 0 amide bonds. The topological polar surface area (TPSA) is 130 Å². The summed E-state index contributed by atoms with van der Waals surface area (Å²) in [6, 6.07) is 11.7. The number of sulfonamides is 3. The summed E-state index contributed by atoms with van der Waals surface area (Å²) >= 11 is 0. The number of nitrogens with one attached hydrogen (secondary N) is 2. The van der Waals surface area contributed by atoms with Crippen LogP contribution in [0.5, 0.6) is 0 Å². The molecular formula is C19H25N3O6S3. The van der Waals surface area contributed by atoms with Crippen LogP contribution in [0.1, 0.15) is 24.0 Å². The predicted molar refractivity (Wildman–Crippen MR) is 117 cm³/mol. The maximum atomic E-state index is 12.6. The Bertz CT molecular complexity index is 1240. The molecular weight excluding hydrogens is 462 g/mol. The lowest BCUT2D eigenvalue weighted by atomic mass is 10.1. The monoisotopic (exact) mass is 487 g/mol. The molecule has 9 nitrogen and oxygen atoms in total. The van der Waals surface area contributed by atoms with Crippen LogP contribution < -0.4 is 9.44 Å². The van der Waals surface area contributed by atoms with Gasteiger partial charge in [0, 0.05) is 19.6 Å². The Labute approximate surface area is 183 Å². The van der Waals surface area contributed by atoms with Gasteiger partial charge in [0.25, 0.3) is 0 Å². The van der Waals surface area contributed by atoms with Crippen LogP contribution in [-0.4, -0.2) is 49.7 Å². The standard InChI is InChI=1S/C19H25N3O6S3/c1-20-29(23,24)15-17-6-4-5-16(13-17)14-21-30(25,26)18-7-9-19(10-8-18)31(27,28)22-11-2-3-12-22/h4-10,13,20-21H,2-3,11-12,14-15H2,1H3. The number of hydrogen-bond donors (Lipinski definition) is 2. The van der Waals surface area contributed by atoms with Crippen molar-refractivity contribution in [2.24, 2.45) is 0 Å². The first kappa shape index (κ1) is 23.8. The van der Waals surface area contributed by atoms with Crippen molar-refractivity contribution in [3.8, 4) is 0 Å². The van der Waals surface area contributed by atoms with Crippen LogP contribution in [0.2, 0.25) is 0 Å². The van der Waals surface area contributed by atoms with Gasteiger partial charge in [-0.05, 0) is 55.3 Å². The molecule has 1 aliphatic heterocycles. The zero-order valence-electron chi connectivity index (χ0n) is 17.0. The van der Waals surface area contributed by atoms with Gasteiger partial charge in [-0.15, -0.1) is 0 Å². The van der Waals surface area contributed by atoms with Crippen LogP contribution in [0.3, 0.4) is 0 Å². The van der Waals surface area contributed by atoms with Crippen molar-refractivity contribution in [3.05, 3.63) is 59.7 Å². The zero-order valence-corrected chi connectivity index (χ0v) is 19.4. The van der Waals surface area contributed by atoms with Gasteiger partial charge in [-0.2, -0.15) is 4.31 Å². The van der Waals surface area contributed by atoms with Crippen molar-refractivity contribution in [3.63, 3.8) is 0 Å². The van der Waals surface area contributed by atoms with E-state index < -0.39 is 30.1 Å².